The van der Waals surface area contributed by atoms with Gasteiger partial charge in [-0.25, -0.2) is 0 Å². The first-order chi connectivity index (χ1) is 10.6. The van der Waals surface area contributed by atoms with Crippen LogP contribution in [0.1, 0.15) is 22.3 Å². The highest BCUT2D eigenvalue weighted by Gasteiger charge is 2.16. The first kappa shape index (κ1) is 14.1. The number of ether oxygens (including phenoxy) is 1. The summed E-state index contributed by atoms with van der Waals surface area (Å²) in [5.74, 6) is 0.234. The summed E-state index contributed by atoms with van der Waals surface area (Å²) in [5, 5.41) is 5.57. The van der Waals surface area contributed by atoms with E-state index >= 15 is 0 Å². The van der Waals surface area contributed by atoms with Crippen LogP contribution in [0, 0.1) is 6.92 Å². The Morgan fingerprint density at radius 3 is 2.73 bits per heavy atom. The Morgan fingerprint density at radius 1 is 1.18 bits per heavy atom. The Hall–Kier alpha value is -2.82. The third-order valence-corrected chi connectivity index (χ3v) is 3.41. The van der Waals surface area contributed by atoms with Gasteiger partial charge in [0, 0.05) is 11.3 Å². The van der Waals surface area contributed by atoms with E-state index < -0.39 is 0 Å². The summed E-state index contributed by atoms with van der Waals surface area (Å²) in [6.07, 6.45) is 0.305. The molecule has 0 spiro atoms. The Bertz CT molecular complexity index is 723. The molecule has 0 unspecified atom stereocenters. The summed E-state index contributed by atoms with van der Waals surface area (Å²) in [6, 6.07) is 12.6. The van der Waals surface area contributed by atoms with Crippen molar-refractivity contribution in [1.82, 2.24) is 0 Å². The molecular formula is C17H16N2O3. The number of carbonyl (C=O) groups is 2. The minimum absolute atomic E-state index is 0.116. The molecule has 112 valence electrons. The van der Waals surface area contributed by atoms with E-state index in [1.54, 1.807) is 18.2 Å². The summed E-state index contributed by atoms with van der Waals surface area (Å²) in [5.41, 5.74) is 2.85. The number of anilines is 2. The fourth-order valence-electron chi connectivity index (χ4n) is 2.20. The van der Waals surface area contributed by atoms with Crippen LogP contribution in [-0.2, 0) is 4.79 Å². The molecule has 0 bridgehead atoms. The van der Waals surface area contributed by atoms with E-state index in [-0.39, 0.29) is 11.8 Å². The Kier molecular flexibility index (Phi) is 3.78. The van der Waals surface area contributed by atoms with Crippen molar-refractivity contribution in [1.29, 1.82) is 0 Å². The Morgan fingerprint density at radius 2 is 1.95 bits per heavy atom. The van der Waals surface area contributed by atoms with E-state index in [1.165, 1.54) is 0 Å². The minimum atomic E-state index is -0.231. The molecule has 1 aliphatic rings. The van der Waals surface area contributed by atoms with Crippen molar-refractivity contribution < 1.29 is 14.3 Å². The Balaban J connectivity index is 1.81. The molecule has 2 aromatic rings. The molecule has 1 heterocycles. The maximum absolute atomic E-state index is 12.3. The third-order valence-electron chi connectivity index (χ3n) is 3.41. The number of hydrogen-bond acceptors (Lipinski definition) is 3. The van der Waals surface area contributed by atoms with Crippen LogP contribution in [0.15, 0.2) is 42.5 Å². The maximum atomic E-state index is 12.3. The number of benzene rings is 2. The molecule has 0 aliphatic carbocycles. The lowest BCUT2D eigenvalue weighted by Crippen LogP contribution is -2.13. The molecule has 0 aromatic heterocycles. The van der Waals surface area contributed by atoms with Gasteiger partial charge in [0.25, 0.3) is 5.91 Å². The fourth-order valence-corrected chi connectivity index (χ4v) is 2.20. The van der Waals surface area contributed by atoms with Crippen LogP contribution in [0.25, 0.3) is 0 Å². The van der Waals surface area contributed by atoms with Crippen LogP contribution >= 0.6 is 0 Å². The van der Waals surface area contributed by atoms with Gasteiger partial charge in [-0.3, -0.25) is 9.59 Å². The molecule has 0 fully saturated rings. The standard InChI is InChI=1S/C17H16N2O3/c1-11-2-5-13(6-3-11)18-17(21)12-4-7-15-14(10-12)19-16(20)8-9-22-15/h2-7,10H,8-9H2,1H3,(H,18,21)(H,19,20). The van der Waals surface area contributed by atoms with Crippen molar-refractivity contribution >= 4 is 23.2 Å². The van der Waals surface area contributed by atoms with E-state index in [0.717, 1.165) is 11.3 Å². The summed E-state index contributed by atoms with van der Waals surface area (Å²) in [7, 11) is 0. The van der Waals surface area contributed by atoms with Crippen LogP contribution < -0.4 is 15.4 Å². The second-order valence-corrected chi connectivity index (χ2v) is 5.18. The number of amides is 2. The average Bonchev–Trinajstić information content (AvgIpc) is 2.69. The monoisotopic (exact) mass is 296 g/mol. The van der Waals surface area contributed by atoms with Crippen molar-refractivity contribution in [3.05, 3.63) is 53.6 Å². The molecule has 22 heavy (non-hydrogen) atoms. The van der Waals surface area contributed by atoms with E-state index in [0.29, 0.717) is 30.0 Å². The summed E-state index contributed by atoms with van der Waals surface area (Å²) in [4.78, 5) is 23.8. The molecule has 0 saturated heterocycles. The zero-order valence-corrected chi connectivity index (χ0v) is 12.2. The van der Waals surface area contributed by atoms with E-state index in [1.807, 2.05) is 31.2 Å². The lowest BCUT2D eigenvalue weighted by atomic mass is 10.1. The highest BCUT2D eigenvalue weighted by Crippen LogP contribution is 2.28. The largest absolute Gasteiger partial charge is 0.491 e. The van der Waals surface area contributed by atoms with Crippen LogP contribution in [0.4, 0.5) is 11.4 Å². The highest BCUT2D eigenvalue weighted by molar-refractivity contribution is 6.05. The molecule has 2 amide bonds. The van der Waals surface area contributed by atoms with E-state index in [2.05, 4.69) is 10.6 Å². The normalized spacial score (nSPS) is 13.4. The van der Waals surface area contributed by atoms with Crippen molar-refractivity contribution in [3.8, 4) is 5.75 Å². The number of fused-ring (bicyclic) bond motifs is 1. The molecule has 5 nitrogen and oxygen atoms in total. The molecule has 0 radical (unpaired) electrons. The van der Waals surface area contributed by atoms with E-state index in [4.69, 9.17) is 4.74 Å². The number of nitrogens with one attached hydrogen (secondary N) is 2. The third kappa shape index (κ3) is 3.09. The first-order valence-electron chi connectivity index (χ1n) is 7.06. The van der Waals surface area contributed by atoms with Gasteiger partial charge >= 0.3 is 0 Å². The number of hydrogen-bond donors (Lipinski definition) is 2. The highest BCUT2D eigenvalue weighted by atomic mass is 16.5. The summed E-state index contributed by atoms with van der Waals surface area (Å²) < 4.78 is 5.47. The fraction of sp³-hybridized carbons (Fsp3) is 0.176. The van der Waals surface area contributed by atoms with Crippen LogP contribution in [0.2, 0.25) is 0 Å². The second kappa shape index (κ2) is 5.89. The number of rotatable bonds is 2. The number of aryl methyl sites for hydroxylation is 1. The molecule has 0 atom stereocenters. The second-order valence-electron chi connectivity index (χ2n) is 5.18. The molecular weight excluding hydrogens is 280 g/mol. The van der Waals surface area contributed by atoms with Gasteiger partial charge in [-0.1, -0.05) is 17.7 Å². The zero-order chi connectivity index (χ0) is 15.5. The van der Waals surface area contributed by atoms with Crippen LogP contribution in [0.3, 0.4) is 0 Å². The molecule has 2 N–H and O–H groups in total. The predicted octanol–water partition coefficient (Wildman–Crippen LogP) is 2.97. The smallest absolute Gasteiger partial charge is 0.255 e. The van der Waals surface area contributed by atoms with Gasteiger partial charge in [0.15, 0.2) is 0 Å². The van der Waals surface area contributed by atoms with Gasteiger partial charge in [0.1, 0.15) is 5.75 Å². The molecule has 3 rings (SSSR count). The van der Waals surface area contributed by atoms with Gasteiger partial charge in [-0.2, -0.15) is 0 Å². The SMILES string of the molecule is Cc1ccc(NC(=O)c2ccc3c(c2)NC(=O)CCO3)cc1. The molecule has 5 heteroatoms. The predicted molar refractivity (Wildman–Crippen MR) is 84.3 cm³/mol. The lowest BCUT2D eigenvalue weighted by molar-refractivity contribution is -0.116. The van der Waals surface area contributed by atoms with Gasteiger partial charge in [0.2, 0.25) is 5.91 Å². The Labute approximate surface area is 128 Å². The van der Waals surface area contributed by atoms with Crippen LogP contribution in [-0.4, -0.2) is 18.4 Å². The number of carbonyl (C=O) groups excluding carboxylic acids is 2. The van der Waals surface area contributed by atoms with Gasteiger partial charge in [0.05, 0.1) is 18.7 Å². The molecule has 1 aliphatic heterocycles. The topological polar surface area (TPSA) is 67.4 Å². The maximum Gasteiger partial charge on any atom is 0.255 e. The molecule has 0 saturated carbocycles. The van der Waals surface area contributed by atoms with Crippen molar-refractivity contribution in [2.75, 3.05) is 17.2 Å². The van der Waals surface area contributed by atoms with E-state index in [9.17, 15) is 9.59 Å². The van der Waals surface area contributed by atoms with Gasteiger partial charge < -0.3 is 15.4 Å². The van der Waals surface area contributed by atoms with Crippen molar-refractivity contribution in [2.24, 2.45) is 0 Å². The summed E-state index contributed by atoms with van der Waals surface area (Å²) >= 11 is 0. The van der Waals surface area contributed by atoms with Crippen molar-refractivity contribution in [3.63, 3.8) is 0 Å². The molecule has 2 aromatic carbocycles. The van der Waals surface area contributed by atoms with Crippen molar-refractivity contribution in [2.45, 2.75) is 13.3 Å². The first-order valence-corrected chi connectivity index (χ1v) is 7.06. The lowest BCUT2D eigenvalue weighted by Gasteiger charge is -2.10. The minimum Gasteiger partial charge on any atom is -0.491 e. The van der Waals surface area contributed by atoms with Gasteiger partial charge in [-0.15, -0.1) is 0 Å². The zero-order valence-electron chi connectivity index (χ0n) is 12.2. The van der Waals surface area contributed by atoms with Gasteiger partial charge in [-0.05, 0) is 37.3 Å². The van der Waals surface area contributed by atoms with Crippen LogP contribution in [0.5, 0.6) is 5.75 Å². The average molecular weight is 296 g/mol. The summed E-state index contributed by atoms with van der Waals surface area (Å²) in [6.45, 7) is 2.33. The quantitative estimate of drug-likeness (QED) is 0.895.